The zero-order valence-electron chi connectivity index (χ0n) is 10.6. The number of piperidine rings is 1. The topological polar surface area (TPSA) is 55.6 Å². The summed E-state index contributed by atoms with van der Waals surface area (Å²) >= 11 is 0. The highest BCUT2D eigenvalue weighted by Crippen LogP contribution is 2.20. The number of carbonyl (C=O) groups excluding carboxylic acids is 1. The molecule has 16 heavy (non-hydrogen) atoms. The highest BCUT2D eigenvalue weighted by atomic mass is 16.5. The summed E-state index contributed by atoms with van der Waals surface area (Å²) in [5.41, 5.74) is 5.93. The monoisotopic (exact) mass is 228 g/mol. The maximum atomic E-state index is 12.1. The summed E-state index contributed by atoms with van der Waals surface area (Å²) in [6.45, 7) is 7.09. The number of nitrogens with zero attached hydrogens (tertiary/aromatic N) is 1. The summed E-state index contributed by atoms with van der Waals surface area (Å²) in [7, 11) is 0. The fourth-order valence-corrected chi connectivity index (χ4v) is 2.33. The van der Waals surface area contributed by atoms with Gasteiger partial charge in [0.25, 0.3) is 5.91 Å². The largest absolute Gasteiger partial charge is 0.369 e. The van der Waals surface area contributed by atoms with Crippen molar-refractivity contribution in [3.8, 4) is 0 Å². The molecule has 1 heterocycles. The Hall–Kier alpha value is -0.610. The summed E-state index contributed by atoms with van der Waals surface area (Å²) < 4.78 is 5.35. The summed E-state index contributed by atoms with van der Waals surface area (Å²) in [6, 6.07) is 0.224. The first-order valence-electron chi connectivity index (χ1n) is 6.25. The maximum absolute atomic E-state index is 12.1. The standard InChI is InChI=1S/C12H24N2O2/c1-4-16-10(3)12(15)14-8-6-5-7-11(14)9(2)13/h9-11H,4-8,13H2,1-3H3. The number of nitrogens with two attached hydrogens (primary N) is 1. The molecule has 1 aliphatic heterocycles. The molecule has 0 bridgehead atoms. The van der Waals surface area contributed by atoms with Crippen LogP contribution in [-0.2, 0) is 9.53 Å². The van der Waals surface area contributed by atoms with Gasteiger partial charge in [0.15, 0.2) is 0 Å². The molecule has 1 saturated heterocycles. The van der Waals surface area contributed by atoms with Crippen molar-refractivity contribution in [2.45, 2.75) is 58.2 Å². The van der Waals surface area contributed by atoms with Crippen molar-refractivity contribution in [3.05, 3.63) is 0 Å². The summed E-state index contributed by atoms with van der Waals surface area (Å²) in [6.07, 6.45) is 2.92. The lowest BCUT2D eigenvalue weighted by Crippen LogP contribution is -2.54. The molecule has 1 amide bonds. The molecule has 0 spiro atoms. The molecule has 0 aromatic heterocycles. The molecular weight excluding hydrogens is 204 g/mol. The van der Waals surface area contributed by atoms with E-state index in [0.717, 1.165) is 19.4 Å². The lowest BCUT2D eigenvalue weighted by molar-refractivity contribution is -0.146. The minimum absolute atomic E-state index is 0.0399. The van der Waals surface area contributed by atoms with Gasteiger partial charge in [-0.15, -0.1) is 0 Å². The second-order valence-corrected chi connectivity index (χ2v) is 4.55. The number of amides is 1. The number of hydrogen-bond acceptors (Lipinski definition) is 3. The van der Waals surface area contributed by atoms with Crippen LogP contribution in [0, 0.1) is 0 Å². The molecule has 2 N–H and O–H groups in total. The average molecular weight is 228 g/mol. The number of ether oxygens (including phenoxy) is 1. The number of likely N-dealkylation sites (tertiary alicyclic amines) is 1. The van der Waals surface area contributed by atoms with Gasteiger partial charge in [0, 0.05) is 25.2 Å². The molecule has 1 fully saturated rings. The summed E-state index contributed by atoms with van der Waals surface area (Å²) in [5.74, 6) is 0.0869. The van der Waals surface area contributed by atoms with Gasteiger partial charge in [-0.1, -0.05) is 0 Å². The molecule has 1 aliphatic rings. The SMILES string of the molecule is CCOC(C)C(=O)N1CCCCC1C(C)N. The molecule has 0 aromatic carbocycles. The van der Waals surface area contributed by atoms with Gasteiger partial charge in [-0.2, -0.15) is 0 Å². The fraction of sp³-hybridized carbons (Fsp3) is 0.917. The number of rotatable bonds is 4. The molecule has 0 radical (unpaired) electrons. The Morgan fingerprint density at radius 1 is 1.50 bits per heavy atom. The Bertz CT molecular complexity index is 231. The van der Waals surface area contributed by atoms with E-state index in [1.807, 2.05) is 25.7 Å². The zero-order chi connectivity index (χ0) is 12.1. The Kier molecular flexibility index (Phi) is 5.22. The van der Waals surface area contributed by atoms with Crippen molar-refractivity contribution in [2.24, 2.45) is 5.73 Å². The molecule has 3 atom stereocenters. The average Bonchev–Trinajstić information content (AvgIpc) is 2.28. The molecule has 4 heteroatoms. The van der Waals surface area contributed by atoms with Gasteiger partial charge < -0.3 is 15.4 Å². The van der Waals surface area contributed by atoms with Gasteiger partial charge in [-0.3, -0.25) is 4.79 Å². The Morgan fingerprint density at radius 2 is 2.19 bits per heavy atom. The first-order chi connectivity index (χ1) is 7.57. The van der Waals surface area contributed by atoms with Crippen molar-refractivity contribution in [1.29, 1.82) is 0 Å². The van der Waals surface area contributed by atoms with Gasteiger partial charge >= 0.3 is 0 Å². The number of hydrogen-bond donors (Lipinski definition) is 1. The van der Waals surface area contributed by atoms with E-state index in [1.165, 1.54) is 6.42 Å². The highest BCUT2D eigenvalue weighted by molar-refractivity contribution is 5.81. The van der Waals surface area contributed by atoms with Gasteiger partial charge in [-0.25, -0.2) is 0 Å². The van der Waals surface area contributed by atoms with Crippen molar-refractivity contribution >= 4 is 5.91 Å². The molecule has 94 valence electrons. The van der Waals surface area contributed by atoms with E-state index in [0.29, 0.717) is 6.61 Å². The van der Waals surface area contributed by atoms with E-state index in [-0.39, 0.29) is 24.1 Å². The van der Waals surface area contributed by atoms with Crippen LogP contribution in [-0.4, -0.2) is 42.1 Å². The van der Waals surface area contributed by atoms with Crippen molar-refractivity contribution in [2.75, 3.05) is 13.2 Å². The first-order valence-corrected chi connectivity index (χ1v) is 6.25. The predicted molar refractivity (Wildman–Crippen MR) is 64.1 cm³/mol. The Balaban J connectivity index is 2.63. The molecule has 0 aromatic rings. The summed E-state index contributed by atoms with van der Waals surface area (Å²) in [5, 5.41) is 0. The molecule has 1 rings (SSSR count). The van der Waals surface area contributed by atoms with Crippen LogP contribution in [0.15, 0.2) is 0 Å². The van der Waals surface area contributed by atoms with Gasteiger partial charge in [0.1, 0.15) is 6.10 Å². The van der Waals surface area contributed by atoms with E-state index in [2.05, 4.69) is 0 Å². The predicted octanol–water partition coefficient (Wildman–Crippen LogP) is 1.14. The Labute approximate surface area is 98.1 Å². The quantitative estimate of drug-likeness (QED) is 0.785. The van der Waals surface area contributed by atoms with Crippen molar-refractivity contribution < 1.29 is 9.53 Å². The van der Waals surface area contributed by atoms with Crippen LogP contribution in [0.25, 0.3) is 0 Å². The first kappa shape index (κ1) is 13.5. The van der Waals surface area contributed by atoms with Crippen LogP contribution >= 0.6 is 0 Å². The molecule has 4 nitrogen and oxygen atoms in total. The molecule has 3 unspecified atom stereocenters. The van der Waals surface area contributed by atoms with Crippen LogP contribution in [0.2, 0.25) is 0 Å². The summed E-state index contributed by atoms with van der Waals surface area (Å²) in [4.78, 5) is 14.1. The number of carbonyl (C=O) groups is 1. The second kappa shape index (κ2) is 6.21. The highest BCUT2D eigenvalue weighted by Gasteiger charge is 2.31. The van der Waals surface area contributed by atoms with Crippen LogP contribution < -0.4 is 5.73 Å². The zero-order valence-corrected chi connectivity index (χ0v) is 10.6. The lowest BCUT2D eigenvalue weighted by atomic mass is 9.96. The van der Waals surface area contributed by atoms with Gasteiger partial charge in [0.05, 0.1) is 0 Å². The van der Waals surface area contributed by atoms with Gasteiger partial charge in [-0.05, 0) is 40.0 Å². The van der Waals surface area contributed by atoms with Crippen molar-refractivity contribution in [3.63, 3.8) is 0 Å². The van der Waals surface area contributed by atoms with Crippen molar-refractivity contribution in [1.82, 2.24) is 4.90 Å². The molecule has 0 aliphatic carbocycles. The Morgan fingerprint density at radius 3 is 2.75 bits per heavy atom. The van der Waals surface area contributed by atoms with Crippen LogP contribution in [0.4, 0.5) is 0 Å². The third-order valence-corrected chi connectivity index (χ3v) is 3.20. The van der Waals surface area contributed by atoms with E-state index in [9.17, 15) is 4.79 Å². The second-order valence-electron chi connectivity index (χ2n) is 4.55. The molecule has 0 saturated carbocycles. The third kappa shape index (κ3) is 3.19. The van der Waals surface area contributed by atoms with E-state index >= 15 is 0 Å². The molecular formula is C12H24N2O2. The van der Waals surface area contributed by atoms with Crippen LogP contribution in [0.5, 0.6) is 0 Å². The van der Waals surface area contributed by atoms with Gasteiger partial charge in [0.2, 0.25) is 0 Å². The maximum Gasteiger partial charge on any atom is 0.251 e. The minimum atomic E-state index is -0.343. The van der Waals surface area contributed by atoms with Crippen LogP contribution in [0.3, 0.4) is 0 Å². The lowest BCUT2D eigenvalue weighted by Gasteiger charge is -2.39. The van der Waals surface area contributed by atoms with Crippen LogP contribution in [0.1, 0.15) is 40.0 Å². The fourth-order valence-electron chi connectivity index (χ4n) is 2.33. The normalized spacial score (nSPS) is 25.2. The van der Waals surface area contributed by atoms with E-state index in [1.54, 1.807) is 0 Å². The van der Waals surface area contributed by atoms with E-state index in [4.69, 9.17) is 10.5 Å². The van der Waals surface area contributed by atoms with E-state index < -0.39 is 0 Å². The minimum Gasteiger partial charge on any atom is -0.369 e. The third-order valence-electron chi connectivity index (χ3n) is 3.20. The smallest absolute Gasteiger partial charge is 0.251 e.